The fourth-order valence-electron chi connectivity index (χ4n) is 3.02. The molecule has 1 saturated heterocycles. The molecule has 3 rings (SSSR count). The van der Waals surface area contributed by atoms with Crippen molar-refractivity contribution in [3.05, 3.63) is 65.7 Å². The van der Waals surface area contributed by atoms with Crippen molar-refractivity contribution in [3.8, 4) is 5.75 Å². The highest BCUT2D eigenvalue weighted by atomic mass is 32.2. The van der Waals surface area contributed by atoms with E-state index in [4.69, 9.17) is 4.74 Å². The van der Waals surface area contributed by atoms with E-state index in [9.17, 15) is 4.79 Å². The molecule has 0 N–H and O–H groups in total. The van der Waals surface area contributed by atoms with Crippen molar-refractivity contribution in [2.45, 2.75) is 18.1 Å². The summed E-state index contributed by atoms with van der Waals surface area (Å²) >= 11 is 1.96. The van der Waals surface area contributed by atoms with Crippen LogP contribution in [0.3, 0.4) is 0 Å². The van der Waals surface area contributed by atoms with Gasteiger partial charge in [-0.15, -0.1) is 0 Å². The summed E-state index contributed by atoms with van der Waals surface area (Å²) < 4.78 is 5.24. The Morgan fingerprint density at radius 2 is 2.00 bits per heavy atom. The third-order valence-electron chi connectivity index (χ3n) is 4.36. The van der Waals surface area contributed by atoms with Crippen molar-refractivity contribution in [3.63, 3.8) is 0 Å². The van der Waals surface area contributed by atoms with Crippen molar-refractivity contribution in [1.82, 2.24) is 4.90 Å². The first-order valence-corrected chi connectivity index (χ1v) is 9.38. The quantitative estimate of drug-likeness (QED) is 0.843. The van der Waals surface area contributed by atoms with E-state index >= 15 is 0 Å². The van der Waals surface area contributed by atoms with Gasteiger partial charge in [-0.3, -0.25) is 4.79 Å². The van der Waals surface area contributed by atoms with Crippen LogP contribution in [0.1, 0.15) is 22.8 Å². The van der Waals surface area contributed by atoms with Gasteiger partial charge in [0.25, 0.3) is 0 Å². The van der Waals surface area contributed by atoms with Gasteiger partial charge in [0, 0.05) is 24.1 Å². The molecule has 1 heterocycles. The summed E-state index contributed by atoms with van der Waals surface area (Å²) in [5.74, 6) is 2.00. The lowest BCUT2D eigenvalue weighted by Crippen LogP contribution is -2.34. The molecule has 1 amide bonds. The summed E-state index contributed by atoms with van der Waals surface area (Å²) in [6.07, 6.45) is 1.45. The van der Waals surface area contributed by atoms with Crippen LogP contribution < -0.4 is 4.74 Å². The average Bonchev–Trinajstić information content (AvgIpc) is 2.89. The maximum atomic E-state index is 12.6. The van der Waals surface area contributed by atoms with Crippen LogP contribution in [0.5, 0.6) is 5.75 Å². The number of nitrogens with zero attached hydrogens (tertiary/aromatic N) is 1. The van der Waals surface area contributed by atoms with Crippen molar-refractivity contribution in [2.24, 2.45) is 0 Å². The maximum Gasteiger partial charge on any atom is 0.227 e. The topological polar surface area (TPSA) is 29.5 Å². The molecule has 24 heavy (non-hydrogen) atoms. The van der Waals surface area contributed by atoms with Crippen molar-refractivity contribution in [1.29, 1.82) is 0 Å². The van der Waals surface area contributed by atoms with E-state index in [1.54, 1.807) is 7.11 Å². The maximum absolute atomic E-state index is 12.6. The standard InChI is InChI=1S/C20H23NO2S/c1-23-18-9-5-6-16(14-18)15-20(22)21-11-10-19(24-13-12-21)17-7-3-2-4-8-17/h2-9,14,19H,10-13,15H2,1H3/t19-/m0/s1. The van der Waals surface area contributed by atoms with Gasteiger partial charge >= 0.3 is 0 Å². The average molecular weight is 341 g/mol. The molecule has 0 radical (unpaired) electrons. The molecule has 0 bridgehead atoms. The van der Waals surface area contributed by atoms with Crippen LogP contribution in [0.4, 0.5) is 0 Å². The number of thioether (sulfide) groups is 1. The Kier molecular flexibility index (Phi) is 5.81. The predicted octanol–water partition coefficient (Wildman–Crippen LogP) is 3.94. The molecule has 2 aromatic carbocycles. The Morgan fingerprint density at radius 3 is 2.79 bits per heavy atom. The number of rotatable bonds is 4. The number of hydrogen-bond donors (Lipinski definition) is 0. The van der Waals surface area contributed by atoms with Gasteiger partial charge < -0.3 is 9.64 Å². The molecule has 1 aliphatic heterocycles. The number of hydrogen-bond acceptors (Lipinski definition) is 3. The minimum absolute atomic E-state index is 0.206. The molecule has 0 aliphatic carbocycles. The molecule has 1 atom stereocenters. The second-order valence-corrected chi connectivity index (χ2v) is 7.28. The Balaban J connectivity index is 1.60. The van der Waals surface area contributed by atoms with Gasteiger partial charge in [-0.1, -0.05) is 42.5 Å². The van der Waals surface area contributed by atoms with E-state index in [1.807, 2.05) is 40.9 Å². The summed E-state index contributed by atoms with van der Waals surface area (Å²) in [6, 6.07) is 18.4. The highest BCUT2D eigenvalue weighted by molar-refractivity contribution is 7.99. The van der Waals surface area contributed by atoms with Gasteiger partial charge in [0.2, 0.25) is 5.91 Å². The van der Waals surface area contributed by atoms with Crippen LogP contribution in [0, 0.1) is 0 Å². The van der Waals surface area contributed by atoms with Gasteiger partial charge in [-0.25, -0.2) is 0 Å². The lowest BCUT2D eigenvalue weighted by atomic mass is 10.1. The summed E-state index contributed by atoms with van der Waals surface area (Å²) in [6.45, 7) is 1.66. The number of ether oxygens (including phenoxy) is 1. The number of methoxy groups -OCH3 is 1. The van der Waals surface area contributed by atoms with E-state index in [0.717, 1.165) is 36.6 Å². The van der Waals surface area contributed by atoms with E-state index < -0.39 is 0 Å². The SMILES string of the molecule is COc1cccc(CC(=O)N2CCS[C@H](c3ccccc3)CC2)c1. The summed E-state index contributed by atoms with van der Waals surface area (Å²) in [4.78, 5) is 14.6. The van der Waals surface area contributed by atoms with E-state index in [0.29, 0.717) is 11.7 Å². The number of benzene rings is 2. The van der Waals surface area contributed by atoms with E-state index in [1.165, 1.54) is 5.56 Å². The van der Waals surface area contributed by atoms with Crippen LogP contribution in [0.25, 0.3) is 0 Å². The summed E-state index contributed by atoms with van der Waals surface area (Å²) in [7, 11) is 1.65. The Labute approximate surface area is 148 Å². The minimum atomic E-state index is 0.206. The first-order chi connectivity index (χ1) is 11.8. The number of carbonyl (C=O) groups is 1. The summed E-state index contributed by atoms with van der Waals surface area (Å²) in [5, 5.41) is 0.487. The minimum Gasteiger partial charge on any atom is -0.497 e. The van der Waals surface area contributed by atoms with E-state index in [2.05, 4.69) is 30.3 Å². The highest BCUT2D eigenvalue weighted by Crippen LogP contribution is 2.34. The van der Waals surface area contributed by atoms with Crippen molar-refractivity contribution < 1.29 is 9.53 Å². The molecule has 2 aromatic rings. The lowest BCUT2D eigenvalue weighted by molar-refractivity contribution is -0.130. The van der Waals surface area contributed by atoms with Crippen LogP contribution in [0.2, 0.25) is 0 Å². The van der Waals surface area contributed by atoms with Crippen LogP contribution in [-0.4, -0.2) is 36.8 Å². The number of carbonyl (C=O) groups excluding carboxylic acids is 1. The molecule has 0 aromatic heterocycles. The first kappa shape index (κ1) is 16.9. The second-order valence-electron chi connectivity index (χ2n) is 5.97. The lowest BCUT2D eigenvalue weighted by Gasteiger charge is -2.20. The van der Waals surface area contributed by atoms with Crippen LogP contribution >= 0.6 is 11.8 Å². The third kappa shape index (κ3) is 4.32. The van der Waals surface area contributed by atoms with Gasteiger partial charge in [0.05, 0.1) is 13.5 Å². The van der Waals surface area contributed by atoms with Gasteiger partial charge in [0.15, 0.2) is 0 Å². The first-order valence-electron chi connectivity index (χ1n) is 8.33. The molecule has 4 heteroatoms. The molecule has 126 valence electrons. The van der Waals surface area contributed by atoms with Crippen molar-refractivity contribution >= 4 is 17.7 Å². The second kappa shape index (κ2) is 8.25. The fraction of sp³-hybridized carbons (Fsp3) is 0.350. The smallest absolute Gasteiger partial charge is 0.227 e. The van der Waals surface area contributed by atoms with Crippen LogP contribution in [-0.2, 0) is 11.2 Å². The molecule has 1 fully saturated rings. The Bertz CT molecular complexity index is 674. The summed E-state index contributed by atoms with van der Waals surface area (Å²) in [5.41, 5.74) is 2.38. The molecule has 0 saturated carbocycles. The number of amides is 1. The molecular formula is C20H23NO2S. The van der Waals surface area contributed by atoms with E-state index in [-0.39, 0.29) is 5.91 Å². The third-order valence-corrected chi connectivity index (χ3v) is 5.68. The molecule has 1 aliphatic rings. The Hall–Kier alpha value is -1.94. The normalized spacial score (nSPS) is 18.0. The molecule has 0 spiro atoms. The Morgan fingerprint density at radius 1 is 1.17 bits per heavy atom. The van der Waals surface area contributed by atoms with Crippen LogP contribution in [0.15, 0.2) is 54.6 Å². The van der Waals surface area contributed by atoms with Gasteiger partial charge in [-0.05, 0) is 29.7 Å². The molecular weight excluding hydrogens is 318 g/mol. The molecule has 3 nitrogen and oxygen atoms in total. The van der Waals surface area contributed by atoms with Gasteiger partial charge in [0.1, 0.15) is 5.75 Å². The zero-order valence-corrected chi connectivity index (χ0v) is 14.8. The molecule has 0 unspecified atom stereocenters. The predicted molar refractivity (Wildman–Crippen MR) is 99.5 cm³/mol. The zero-order chi connectivity index (χ0) is 16.8. The van der Waals surface area contributed by atoms with Gasteiger partial charge in [-0.2, -0.15) is 11.8 Å². The highest BCUT2D eigenvalue weighted by Gasteiger charge is 2.22. The zero-order valence-electron chi connectivity index (χ0n) is 14.0. The van der Waals surface area contributed by atoms with Crippen molar-refractivity contribution in [2.75, 3.05) is 26.0 Å². The fourth-order valence-corrected chi connectivity index (χ4v) is 4.25. The monoisotopic (exact) mass is 341 g/mol. The largest absolute Gasteiger partial charge is 0.497 e.